The Morgan fingerprint density at radius 2 is 1.74 bits per heavy atom. The number of carboxylic acids is 1. The number of benzene rings is 2. The number of rotatable bonds is 5. The Balaban J connectivity index is 1.48. The van der Waals surface area contributed by atoms with Gasteiger partial charge >= 0.3 is 5.97 Å². The number of fused-ring (bicyclic) bond motifs is 2. The van der Waals surface area contributed by atoms with Crippen molar-refractivity contribution in [3.05, 3.63) is 71.5 Å². The van der Waals surface area contributed by atoms with Crippen molar-refractivity contribution in [1.29, 1.82) is 0 Å². The quantitative estimate of drug-likeness (QED) is 0.721. The molecule has 1 aliphatic rings. The highest BCUT2D eigenvalue weighted by Crippen LogP contribution is 2.40. The molecule has 0 saturated carbocycles. The minimum Gasteiger partial charge on any atom is -0.481 e. The van der Waals surface area contributed by atoms with Crippen LogP contribution in [0.4, 0.5) is 0 Å². The molecule has 1 amide bonds. The molecule has 5 nitrogen and oxygen atoms in total. The molecule has 3 aromatic rings. The van der Waals surface area contributed by atoms with Crippen molar-refractivity contribution in [3.63, 3.8) is 0 Å². The SMILES string of the molecule is C[C@H](NC(=O)CC1(C(=O)O)Cc2ccccc2C1)c1cc2ccccc2o1. The minimum absolute atomic E-state index is 0.0540. The second-order valence-electron chi connectivity index (χ2n) is 7.36. The monoisotopic (exact) mass is 363 g/mol. The summed E-state index contributed by atoms with van der Waals surface area (Å²) in [5, 5.41) is 13.7. The summed E-state index contributed by atoms with van der Waals surface area (Å²) in [4.78, 5) is 24.6. The molecule has 1 atom stereocenters. The van der Waals surface area contributed by atoms with Gasteiger partial charge in [0.15, 0.2) is 0 Å². The Morgan fingerprint density at radius 3 is 2.37 bits per heavy atom. The molecule has 27 heavy (non-hydrogen) atoms. The van der Waals surface area contributed by atoms with E-state index >= 15 is 0 Å². The molecule has 0 spiro atoms. The van der Waals surface area contributed by atoms with Crippen molar-refractivity contribution in [2.75, 3.05) is 0 Å². The van der Waals surface area contributed by atoms with Gasteiger partial charge in [-0.1, -0.05) is 42.5 Å². The van der Waals surface area contributed by atoms with Crippen LogP contribution < -0.4 is 5.32 Å². The standard InChI is InChI=1S/C22H21NO4/c1-14(19-10-15-6-4-5-9-18(15)27-19)23-20(24)13-22(21(25)26)11-16-7-2-3-8-17(16)12-22/h2-10,14H,11-13H2,1H3,(H,23,24)(H,25,26)/t14-/m0/s1. The number of hydrogen-bond acceptors (Lipinski definition) is 3. The molecular weight excluding hydrogens is 342 g/mol. The number of carbonyl (C=O) groups excluding carboxylic acids is 1. The van der Waals surface area contributed by atoms with Gasteiger partial charge in [0.1, 0.15) is 11.3 Å². The maximum atomic E-state index is 12.6. The number of amides is 1. The van der Waals surface area contributed by atoms with Crippen molar-refractivity contribution in [2.45, 2.75) is 32.2 Å². The summed E-state index contributed by atoms with van der Waals surface area (Å²) in [6.07, 6.45) is 0.706. The molecule has 0 saturated heterocycles. The lowest BCUT2D eigenvalue weighted by molar-refractivity contribution is -0.151. The Hall–Kier alpha value is -3.08. The second-order valence-corrected chi connectivity index (χ2v) is 7.36. The van der Waals surface area contributed by atoms with Gasteiger partial charge in [-0.2, -0.15) is 0 Å². The second kappa shape index (κ2) is 6.58. The number of hydrogen-bond donors (Lipinski definition) is 2. The molecule has 2 N–H and O–H groups in total. The Morgan fingerprint density at radius 1 is 1.11 bits per heavy atom. The van der Waals surface area contributed by atoms with Gasteiger partial charge in [-0.3, -0.25) is 9.59 Å². The van der Waals surface area contributed by atoms with E-state index < -0.39 is 11.4 Å². The lowest BCUT2D eigenvalue weighted by atomic mass is 9.81. The molecule has 0 bridgehead atoms. The Kier molecular flexibility index (Phi) is 4.22. The fraction of sp³-hybridized carbons (Fsp3) is 0.273. The van der Waals surface area contributed by atoms with E-state index in [1.165, 1.54) is 0 Å². The van der Waals surface area contributed by atoms with E-state index in [4.69, 9.17) is 4.42 Å². The zero-order chi connectivity index (χ0) is 19.0. The van der Waals surface area contributed by atoms with Crippen LogP contribution >= 0.6 is 0 Å². The van der Waals surface area contributed by atoms with Crippen LogP contribution in [0.2, 0.25) is 0 Å². The van der Waals surface area contributed by atoms with E-state index in [-0.39, 0.29) is 18.4 Å². The van der Waals surface area contributed by atoms with Gasteiger partial charge in [0, 0.05) is 11.8 Å². The lowest BCUT2D eigenvalue weighted by Gasteiger charge is -2.24. The first-order valence-electron chi connectivity index (χ1n) is 9.05. The van der Waals surface area contributed by atoms with Crippen LogP contribution in [0.15, 0.2) is 59.0 Å². The van der Waals surface area contributed by atoms with Crippen LogP contribution in [0.25, 0.3) is 11.0 Å². The maximum absolute atomic E-state index is 12.6. The fourth-order valence-electron chi connectivity index (χ4n) is 3.93. The van der Waals surface area contributed by atoms with E-state index in [9.17, 15) is 14.7 Å². The van der Waals surface area contributed by atoms with Gasteiger partial charge in [0.2, 0.25) is 5.91 Å². The highest BCUT2D eigenvalue weighted by molar-refractivity contribution is 5.86. The highest BCUT2D eigenvalue weighted by atomic mass is 16.4. The molecule has 2 aromatic carbocycles. The number of nitrogens with one attached hydrogen (secondary N) is 1. The number of carbonyl (C=O) groups is 2. The van der Waals surface area contributed by atoms with Crippen molar-refractivity contribution < 1.29 is 19.1 Å². The molecule has 5 heteroatoms. The summed E-state index contributed by atoms with van der Waals surface area (Å²) < 4.78 is 5.79. The van der Waals surface area contributed by atoms with E-state index in [0.29, 0.717) is 18.6 Å². The normalized spacial score (nSPS) is 16.0. The molecular formula is C22H21NO4. The zero-order valence-electron chi connectivity index (χ0n) is 15.1. The van der Waals surface area contributed by atoms with E-state index in [0.717, 1.165) is 22.1 Å². The average molecular weight is 363 g/mol. The van der Waals surface area contributed by atoms with Crippen LogP contribution in [-0.4, -0.2) is 17.0 Å². The largest absolute Gasteiger partial charge is 0.481 e. The summed E-state index contributed by atoms with van der Waals surface area (Å²) >= 11 is 0. The first-order valence-corrected chi connectivity index (χ1v) is 9.05. The van der Waals surface area contributed by atoms with Crippen LogP contribution in [0, 0.1) is 5.41 Å². The van der Waals surface area contributed by atoms with E-state index in [2.05, 4.69) is 5.32 Å². The van der Waals surface area contributed by atoms with Gasteiger partial charge in [0.25, 0.3) is 0 Å². The minimum atomic E-state index is -1.08. The van der Waals surface area contributed by atoms with Crippen LogP contribution in [-0.2, 0) is 22.4 Å². The first kappa shape index (κ1) is 17.3. The summed E-state index contributed by atoms with van der Waals surface area (Å²) in [6, 6.07) is 16.9. The summed E-state index contributed by atoms with van der Waals surface area (Å²) in [6.45, 7) is 1.84. The zero-order valence-corrected chi connectivity index (χ0v) is 15.1. The van der Waals surface area contributed by atoms with Crippen LogP contribution in [0.5, 0.6) is 0 Å². The smallest absolute Gasteiger partial charge is 0.310 e. The molecule has 4 rings (SSSR count). The number of aliphatic carboxylic acids is 1. The summed E-state index contributed by atoms with van der Waals surface area (Å²) in [5.74, 6) is -0.549. The Bertz CT molecular complexity index is 962. The third kappa shape index (κ3) is 3.21. The van der Waals surface area contributed by atoms with Gasteiger partial charge in [-0.05, 0) is 43.0 Å². The first-order chi connectivity index (χ1) is 13.0. The number of carboxylic acid groups (broad SMARTS) is 1. The van der Waals surface area contributed by atoms with Crippen molar-refractivity contribution >= 4 is 22.8 Å². The lowest BCUT2D eigenvalue weighted by Crippen LogP contribution is -2.39. The van der Waals surface area contributed by atoms with E-state index in [1.807, 2.05) is 61.5 Å². The predicted octanol–water partition coefficient (Wildman–Crippen LogP) is 3.87. The van der Waals surface area contributed by atoms with Crippen LogP contribution in [0.1, 0.15) is 36.3 Å². The highest BCUT2D eigenvalue weighted by Gasteiger charge is 2.45. The third-order valence-corrected chi connectivity index (χ3v) is 5.38. The summed E-state index contributed by atoms with van der Waals surface area (Å²) in [5.41, 5.74) is 1.71. The van der Waals surface area contributed by atoms with Crippen molar-refractivity contribution in [1.82, 2.24) is 5.32 Å². The molecule has 138 valence electrons. The van der Waals surface area contributed by atoms with Gasteiger partial charge < -0.3 is 14.8 Å². The third-order valence-electron chi connectivity index (χ3n) is 5.38. The van der Waals surface area contributed by atoms with Crippen molar-refractivity contribution in [3.8, 4) is 0 Å². The molecule has 0 radical (unpaired) electrons. The van der Waals surface area contributed by atoms with Crippen LogP contribution in [0.3, 0.4) is 0 Å². The maximum Gasteiger partial charge on any atom is 0.310 e. The predicted molar refractivity (Wildman–Crippen MR) is 101 cm³/mol. The van der Waals surface area contributed by atoms with E-state index in [1.54, 1.807) is 0 Å². The summed E-state index contributed by atoms with van der Waals surface area (Å²) in [7, 11) is 0. The number of para-hydroxylation sites is 1. The van der Waals surface area contributed by atoms with Gasteiger partial charge in [-0.15, -0.1) is 0 Å². The Labute approximate surface area is 157 Å². The van der Waals surface area contributed by atoms with Gasteiger partial charge in [-0.25, -0.2) is 0 Å². The fourth-order valence-corrected chi connectivity index (χ4v) is 3.93. The molecule has 1 aromatic heterocycles. The molecule has 1 aliphatic carbocycles. The molecule has 0 aliphatic heterocycles. The molecule has 1 heterocycles. The number of furan rings is 1. The molecule has 0 fully saturated rings. The average Bonchev–Trinajstić information content (AvgIpc) is 3.23. The van der Waals surface area contributed by atoms with Gasteiger partial charge in [0.05, 0.1) is 11.5 Å². The topological polar surface area (TPSA) is 79.5 Å². The van der Waals surface area contributed by atoms with Crippen molar-refractivity contribution in [2.24, 2.45) is 5.41 Å². The molecule has 0 unspecified atom stereocenters.